The van der Waals surface area contributed by atoms with Crippen LogP contribution in [0.3, 0.4) is 0 Å². The van der Waals surface area contributed by atoms with Crippen molar-refractivity contribution in [3.05, 3.63) is 56.6 Å². The van der Waals surface area contributed by atoms with E-state index in [2.05, 4.69) is 20.9 Å². The van der Waals surface area contributed by atoms with E-state index in [0.29, 0.717) is 5.02 Å². The van der Waals surface area contributed by atoms with Crippen molar-refractivity contribution >= 4 is 50.9 Å². The van der Waals surface area contributed by atoms with Gasteiger partial charge in [-0.2, -0.15) is 0 Å². The molecule has 0 fully saturated rings. The maximum atomic E-state index is 6.14. The molecule has 0 saturated carbocycles. The van der Waals surface area contributed by atoms with Crippen LogP contribution in [0.1, 0.15) is 5.56 Å². The van der Waals surface area contributed by atoms with Crippen LogP contribution in [0.25, 0.3) is 0 Å². The van der Waals surface area contributed by atoms with Crippen molar-refractivity contribution < 1.29 is 0 Å². The van der Waals surface area contributed by atoms with E-state index >= 15 is 0 Å². The first-order valence-electron chi connectivity index (χ1n) is 4.84. The maximum Gasteiger partial charge on any atom is 0.115 e. The largest absolute Gasteiger partial charge is 0.248 e. The number of benzene rings is 1. The second-order valence-corrected chi connectivity index (χ2v) is 6.01. The van der Waals surface area contributed by atoms with Crippen LogP contribution in [0.2, 0.25) is 10.0 Å². The van der Waals surface area contributed by atoms with E-state index in [-0.39, 0.29) is 0 Å². The smallest absolute Gasteiger partial charge is 0.115 e. The Balaban J connectivity index is 2.10. The quantitative estimate of drug-likeness (QED) is 0.684. The first-order valence-corrected chi connectivity index (χ1v) is 7.37. The number of aromatic nitrogens is 1. The molecular formula is C12H8BrCl2NS. The standard InChI is InChI=1S/C12H8BrCl2NS/c13-9-4-3-8(11(15)6-9)7-17-12-10(14)2-1-5-16-12/h1-6H,7H2. The monoisotopic (exact) mass is 347 g/mol. The molecule has 17 heavy (non-hydrogen) atoms. The van der Waals surface area contributed by atoms with Crippen LogP contribution in [-0.4, -0.2) is 4.98 Å². The Kier molecular flexibility index (Phi) is 4.74. The molecule has 0 bridgehead atoms. The minimum atomic E-state index is 0.672. The first-order chi connectivity index (χ1) is 8.16. The molecular weight excluding hydrogens is 341 g/mol. The molecule has 0 N–H and O–H groups in total. The van der Waals surface area contributed by atoms with Gasteiger partial charge in [-0.3, -0.25) is 0 Å². The van der Waals surface area contributed by atoms with Crippen LogP contribution in [0, 0.1) is 0 Å². The van der Waals surface area contributed by atoms with Gasteiger partial charge in [0.25, 0.3) is 0 Å². The summed E-state index contributed by atoms with van der Waals surface area (Å²) in [5.41, 5.74) is 1.07. The molecule has 2 rings (SSSR count). The summed E-state index contributed by atoms with van der Waals surface area (Å²) in [5, 5.41) is 2.25. The fraction of sp³-hybridized carbons (Fsp3) is 0.0833. The number of hydrogen-bond acceptors (Lipinski definition) is 2. The molecule has 0 aliphatic carbocycles. The van der Waals surface area contributed by atoms with Gasteiger partial charge in [0.2, 0.25) is 0 Å². The van der Waals surface area contributed by atoms with Crippen LogP contribution in [0.4, 0.5) is 0 Å². The first kappa shape index (κ1) is 13.2. The number of hydrogen-bond donors (Lipinski definition) is 0. The Morgan fingerprint density at radius 3 is 2.71 bits per heavy atom. The van der Waals surface area contributed by atoms with Crippen molar-refractivity contribution in [3.63, 3.8) is 0 Å². The highest BCUT2D eigenvalue weighted by Crippen LogP contribution is 2.30. The number of rotatable bonds is 3. The molecule has 1 aromatic heterocycles. The summed E-state index contributed by atoms with van der Waals surface area (Å²) in [6, 6.07) is 9.51. The number of halogens is 3. The number of thioether (sulfide) groups is 1. The van der Waals surface area contributed by atoms with Crippen molar-refractivity contribution in [1.29, 1.82) is 0 Å². The normalized spacial score (nSPS) is 10.5. The maximum absolute atomic E-state index is 6.14. The second-order valence-electron chi connectivity index (χ2n) is 3.31. The van der Waals surface area contributed by atoms with Gasteiger partial charge in [0, 0.05) is 21.4 Å². The van der Waals surface area contributed by atoms with Crippen LogP contribution < -0.4 is 0 Å². The summed E-state index contributed by atoms with van der Waals surface area (Å²) >= 11 is 17.1. The average Bonchev–Trinajstić information content (AvgIpc) is 2.30. The minimum absolute atomic E-state index is 0.672. The van der Waals surface area contributed by atoms with Crippen LogP contribution >= 0.6 is 50.9 Å². The van der Waals surface area contributed by atoms with Gasteiger partial charge in [-0.05, 0) is 29.8 Å². The molecule has 0 amide bonds. The van der Waals surface area contributed by atoms with Crippen molar-refractivity contribution in [1.82, 2.24) is 4.98 Å². The molecule has 0 atom stereocenters. The van der Waals surface area contributed by atoms with E-state index in [4.69, 9.17) is 23.2 Å². The van der Waals surface area contributed by atoms with E-state index < -0.39 is 0 Å². The molecule has 0 aliphatic rings. The van der Waals surface area contributed by atoms with E-state index in [1.165, 1.54) is 0 Å². The Hall–Kier alpha value is -0.220. The summed E-state index contributed by atoms with van der Waals surface area (Å²) in [4.78, 5) is 4.22. The lowest BCUT2D eigenvalue weighted by Gasteiger charge is -2.05. The predicted molar refractivity (Wildman–Crippen MR) is 78.0 cm³/mol. The summed E-state index contributed by atoms with van der Waals surface area (Å²) in [5.74, 6) is 0.753. The summed E-state index contributed by atoms with van der Waals surface area (Å²) in [6.45, 7) is 0. The van der Waals surface area contributed by atoms with Gasteiger partial charge in [-0.25, -0.2) is 4.98 Å². The summed E-state index contributed by atoms with van der Waals surface area (Å²) in [7, 11) is 0. The Morgan fingerprint density at radius 2 is 2.00 bits per heavy atom. The molecule has 2 aromatic rings. The van der Waals surface area contributed by atoms with Crippen LogP contribution in [0.15, 0.2) is 46.0 Å². The van der Waals surface area contributed by atoms with Gasteiger partial charge in [0.15, 0.2) is 0 Å². The van der Waals surface area contributed by atoms with E-state index in [1.54, 1.807) is 18.0 Å². The van der Waals surface area contributed by atoms with Gasteiger partial charge in [-0.1, -0.05) is 45.2 Å². The van der Waals surface area contributed by atoms with Gasteiger partial charge < -0.3 is 0 Å². The van der Waals surface area contributed by atoms with Crippen LogP contribution in [0.5, 0.6) is 0 Å². The molecule has 0 aliphatic heterocycles. The topological polar surface area (TPSA) is 12.9 Å². The fourth-order valence-corrected chi connectivity index (χ4v) is 3.25. The van der Waals surface area contributed by atoms with Gasteiger partial charge >= 0.3 is 0 Å². The van der Waals surface area contributed by atoms with E-state index in [1.807, 2.05) is 30.3 Å². The zero-order chi connectivity index (χ0) is 12.3. The zero-order valence-electron chi connectivity index (χ0n) is 8.66. The average molecular weight is 349 g/mol. The Labute approximate surface area is 123 Å². The molecule has 1 nitrogen and oxygen atoms in total. The molecule has 0 radical (unpaired) electrons. The summed E-state index contributed by atoms with van der Waals surface area (Å²) < 4.78 is 0.979. The lowest BCUT2D eigenvalue weighted by atomic mass is 10.2. The molecule has 0 saturated heterocycles. The van der Waals surface area contributed by atoms with Crippen molar-refractivity contribution in [2.45, 2.75) is 10.8 Å². The third-order valence-electron chi connectivity index (χ3n) is 2.10. The lowest BCUT2D eigenvalue weighted by molar-refractivity contribution is 1.13. The third kappa shape index (κ3) is 3.62. The van der Waals surface area contributed by atoms with Crippen LogP contribution in [-0.2, 0) is 5.75 Å². The third-order valence-corrected chi connectivity index (χ3v) is 4.42. The van der Waals surface area contributed by atoms with Gasteiger partial charge in [0.1, 0.15) is 5.03 Å². The highest BCUT2D eigenvalue weighted by atomic mass is 79.9. The lowest BCUT2D eigenvalue weighted by Crippen LogP contribution is -1.85. The molecule has 0 unspecified atom stereocenters. The number of pyridine rings is 1. The summed E-state index contributed by atoms with van der Waals surface area (Å²) in [6.07, 6.45) is 1.73. The molecule has 0 spiro atoms. The van der Waals surface area contributed by atoms with E-state index in [0.717, 1.165) is 25.8 Å². The molecule has 5 heteroatoms. The van der Waals surface area contributed by atoms with E-state index in [9.17, 15) is 0 Å². The Morgan fingerprint density at radius 1 is 1.18 bits per heavy atom. The second kappa shape index (κ2) is 6.10. The minimum Gasteiger partial charge on any atom is -0.248 e. The van der Waals surface area contributed by atoms with Gasteiger partial charge in [-0.15, -0.1) is 11.8 Å². The van der Waals surface area contributed by atoms with Crippen molar-refractivity contribution in [2.75, 3.05) is 0 Å². The van der Waals surface area contributed by atoms with Crippen molar-refractivity contribution in [2.24, 2.45) is 0 Å². The molecule has 1 aromatic carbocycles. The SMILES string of the molecule is Clc1cc(Br)ccc1CSc1ncccc1Cl. The number of nitrogens with zero attached hydrogens (tertiary/aromatic N) is 1. The van der Waals surface area contributed by atoms with Crippen molar-refractivity contribution in [3.8, 4) is 0 Å². The zero-order valence-corrected chi connectivity index (χ0v) is 12.6. The highest BCUT2D eigenvalue weighted by molar-refractivity contribution is 9.10. The Bertz CT molecular complexity index is 534. The highest BCUT2D eigenvalue weighted by Gasteiger charge is 2.05. The predicted octanol–water partition coefficient (Wildman–Crippen LogP) is 5.44. The fourth-order valence-electron chi connectivity index (χ4n) is 1.26. The molecule has 1 heterocycles. The molecule has 88 valence electrons. The van der Waals surface area contributed by atoms with Gasteiger partial charge in [0.05, 0.1) is 5.02 Å².